The van der Waals surface area contributed by atoms with Gasteiger partial charge >= 0.3 is 6.18 Å². The molecule has 1 saturated heterocycles. The Hall–Kier alpha value is -1.95. The van der Waals surface area contributed by atoms with E-state index in [-0.39, 0.29) is 11.3 Å². The van der Waals surface area contributed by atoms with Crippen LogP contribution in [0.4, 0.5) is 13.2 Å². The van der Waals surface area contributed by atoms with E-state index in [1.807, 2.05) is 6.07 Å². The molecule has 2 aromatic rings. The maximum Gasteiger partial charge on any atom is 0.416 e. The predicted octanol–water partition coefficient (Wildman–Crippen LogP) is 4.59. The summed E-state index contributed by atoms with van der Waals surface area (Å²) in [5, 5.41) is -0.384. The van der Waals surface area contributed by atoms with Crippen molar-refractivity contribution in [2.45, 2.75) is 11.6 Å². The van der Waals surface area contributed by atoms with Crippen LogP contribution in [0.5, 0.6) is 0 Å². The van der Waals surface area contributed by atoms with Gasteiger partial charge in [-0.2, -0.15) is 13.2 Å². The minimum atomic E-state index is -4.38. The summed E-state index contributed by atoms with van der Waals surface area (Å²) in [7, 11) is 0. The van der Waals surface area contributed by atoms with Gasteiger partial charge in [-0.25, -0.2) is 0 Å². The molecule has 0 spiro atoms. The van der Waals surface area contributed by atoms with E-state index in [0.29, 0.717) is 23.4 Å². The number of carbonyl (C=O) groups is 1. The van der Waals surface area contributed by atoms with Crippen LogP contribution in [-0.2, 0) is 6.18 Å². The maximum atomic E-state index is 12.9. The number of hydrogen-bond acceptors (Lipinski definition) is 2. The van der Waals surface area contributed by atoms with Gasteiger partial charge in [-0.15, -0.1) is 11.8 Å². The van der Waals surface area contributed by atoms with Crippen LogP contribution < -0.4 is 0 Å². The van der Waals surface area contributed by atoms with Crippen LogP contribution in [0.25, 0.3) is 0 Å². The molecule has 1 atom stereocenters. The minimum Gasteiger partial charge on any atom is -0.322 e. The first-order valence-corrected chi connectivity index (χ1v) is 8.16. The smallest absolute Gasteiger partial charge is 0.322 e. The zero-order chi connectivity index (χ0) is 16.4. The van der Waals surface area contributed by atoms with Crippen LogP contribution in [0.1, 0.15) is 26.9 Å². The van der Waals surface area contributed by atoms with Gasteiger partial charge in [-0.05, 0) is 29.8 Å². The zero-order valence-electron chi connectivity index (χ0n) is 12.1. The highest BCUT2D eigenvalue weighted by Gasteiger charge is 2.34. The first-order chi connectivity index (χ1) is 11.0. The van der Waals surface area contributed by atoms with E-state index in [1.54, 1.807) is 35.2 Å². The Morgan fingerprint density at radius 2 is 1.83 bits per heavy atom. The molecule has 1 amide bonds. The van der Waals surface area contributed by atoms with Crippen molar-refractivity contribution in [1.29, 1.82) is 0 Å². The number of rotatable bonds is 2. The summed E-state index contributed by atoms with van der Waals surface area (Å²) in [4.78, 5) is 14.2. The van der Waals surface area contributed by atoms with Crippen molar-refractivity contribution in [3.05, 3.63) is 71.3 Å². The second kappa shape index (κ2) is 6.28. The molecule has 2 nitrogen and oxygen atoms in total. The van der Waals surface area contributed by atoms with Crippen LogP contribution in [-0.4, -0.2) is 23.1 Å². The molecule has 0 aromatic heterocycles. The molecule has 23 heavy (non-hydrogen) atoms. The lowest BCUT2D eigenvalue weighted by Crippen LogP contribution is -2.30. The average Bonchev–Trinajstić information content (AvgIpc) is 3.04. The van der Waals surface area contributed by atoms with Crippen molar-refractivity contribution in [2.75, 3.05) is 12.3 Å². The number of hydrogen-bond donors (Lipinski definition) is 0. The fourth-order valence-electron chi connectivity index (χ4n) is 2.57. The number of halogens is 3. The lowest BCUT2D eigenvalue weighted by molar-refractivity contribution is -0.137. The van der Waals surface area contributed by atoms with Crippen LogP contribution in [0, 0.1) is 0 Å². The molecule has 1 fully saturated rings. The summed E-state index contributed by atoms with van der Waals surface area (Å²) >= 11 is 1.48. The van der Waals surface area contributed by atoms with Crippen molar-refractivity contribution >= 4 is 17.7 Å². The Kier molecular flexibility index (Phi) is 4.35. The molecule has 3 rings (SSSR count). The third kappa shape index (κ3) is 3.37. The molecular formula is C17H14F3NOS. The second-order valence-corrected chi connectivity index (χ2v) is 6.40. The number of carbonyl (C=O) groups excluding carboxylic acids is 1. The molecule has 0 aliphatic carbocycles. The van der Waals surface area contributed by atoms with Crippen LogP contribution in [0.3, 0.4) is 0 Å². The fraction of sp³-hybridized carbons (Fsp3) is 0.235. The van der Waals surface area contributed by atoms with Gasteiger partial charge in [-0.3, -0.25) is 4.79 Å². The Morgan fingerprint density at radius 1 is 1.09 bits per heavy atom. The topological polar surface area (TPSA) is 20.3 Å². The quantitative estimate of drug-likeness (QED) is 0.799. The Balaban J connectivity index is 1.89. The monoisotopic (exact) mass is 337 g/mol. The van der Waals surface area contributed by atoms with E-state index in [0.717, 1.165) is 12.1 Å². The summed E-state index contributed by atoms with van der Waals surface area (Å²) in [6.45, 7) is 0.527. The van der Waals surface area contributed by atoms with Gasteiger partial charge in [0.2, 0.25) is 0 Å². The fourth-order valence-corrected chi connectivity index (χ4v) is 3.81. The van der Waals surface area contributed by atoms with Gasteiger partial charge in [0.1, 0.15) is 5.37 Å². The predicted molar refractivity (Wildman–Crippen MR) is 84.1 cm³/mol. The number of nitrogens with zero attached hydrogens (tertiary/aromatic N) is 1. The summed E-state index contributed by atoms with van der Waals surface area (Å²) in [5.41, 5.74) is 0.369. The minimum absolute atomic E-state index is 0.155. The molecule has 2 aromatic carbocycles. The molecule has 1 unspecified atom stereocenters. The zero-order valence-corrected chi connectivity index (χ0v) is 12.9. The third-order valence-corrected chi connectivity index (χ3v) is 4.93. The summed E-state index contributed by atoms with van der Waals surface area (Å²) in [6.07, 6.45) is -4.38. The molecule has 0 saturated carbocycles. The average molecular weight is 337 g/mol. The highest BCUT2D eigenvalue weighted by Crippen LogP contribution is 2.40. The standard InChI is InChI=1S/C17H14F3NOS/c18-17(19,20)14-8-4-7-13(11-14)16-21(9-10-23-16)15(22)12-5-2-1-3-6-12/h1-8,11,16H,9-10H2. The third-order valence-electron chi connectivity index (χ3n) is 3.67. The molecule has 1 aliphatic rings. The molecule has 0 radical (unpaired) electrons. The first-order valence-electron chi connectivity index (χ1n) is 7.11. The number of thioether (sulfide) groups is 1. The van der Waals surface area contributed by atoms with Gasteiger partial charge in [0, 0.05) is 17.9 Å². The lowest BCUT2D eigenvalue weighted by atomic mass is 10.1. The Labute approximate surface area is 136 Å². The number of amides is 1. The van der Waals surface area contributed by atoms with E-state index in [9.17, 15) is 18.0 Å². The molecule has 120 valence electrons. The van der Waals surface area contributed by atoms with Crippen molar-refractivity contribution in [1.82, 2.24) is 4.90 Å². The molecule has 0 bridgehead atoms. The molecule has 0 N–H and O–H groups in total. The highest BCUT2D eigenvalue weighted by atomic mass is 32.2. The van der Waals surface area contributed by atoms with Gasteiger partial charge in [0.05, 0.1) is 5.56 Å². The van der Waals surface area contributed by atoms with Gasteiger partial charge < -0.3 is 4.90 Å². The molecule has 6 heteroatoms. The number of benzene rings is 2. The summed E-state index contributed by atoms with van der Waals surface area (Å²) < 4.78 is 38.7. The van der Waals surface area contributed by atoms with E-state index < -0.39 is 11.7 Å². The summed E-state index contributed by atoms with van der Waals surface area (Å²) in [6, 6.07) is 14.0. The van der Waals surface area contributed by atoms with E-state index in [2.05, 4.69) is 0 Å². The normalized spacial score (nSPS) is 18.2. The lowest BCUT2D eigenvalue weighted by Gasteiger charge is -2.24. The summed E-state index contributed by atoms with van der Waals surface area (Å²) in [5.74, 6) is 0.553. The highest BCUT2D eigenvalue weighted by molar-refractivity contribution is 7.99. The van der Waals surface area contributed by atoms with Crippen molar-refractivity contribution < 1.29 is 18.0 Å². The number of alkyl halides is 3. The van der Waals surface area contributed by atoms with Crippen LogP contribution >= 0.6 is 11.8 Å². The Bertz CT molecular complexity index is 702. The van der Waals surface area contributed by atoms with E-state index in [1.165, 1.54) is 17.8 Å². The first kappa shape index (κ1) is 15.9. The molecular weight excluding hydrogens is 323 g/mol. The van der Waals surface area contributed by atoms with Crippen LogP contribution in [0.15, 0.2) is 54.6 Å². The van der Waals surface area contributed by atoms with Crippen molar-refractivity contribution in [3.8, 4) is 0 Å². The maximum absolute atomic E-state index is 12.9. The Morgan fingerprint density at radius 3 is 2.52 bits per heavy atom. The van der Waals surface area contributed by atoms with Crippen molar-refractivity contribution in [2.24, 2.45) is 0 Å². The molecule has 1 heterocycles. The second-order valence-electron chi connectivity index (χ2n) is 5.21. The van der Waals surface area contributed by atoms with E-state index >= 15 is 0 Å². The van der Waals surface area contributed by atoms with Crippen molar-refractivity contribution in [3.63, 3.8) is 0 Å². The van der Waals surface area contributed by atoms with E-state index in [4.69, 9.17) is 0 Å². The van der Waals surface area contributed by atoms with Crippen LogP contribution in [0.2, 0.25) is 0 Å². The van der Waals surface area contributed by atoms with Gasteiger partial charge in [-0.1, -0.05) is 30.3 Å². The van der Waals surface area contributed by atoms with Gasteiger partial charge in [0.25, 0.3) is 5.91 Å². The SMILES string of the molecule is O=C(c1ccccc1)N1CCSC1c1cccc(C(F)(F)F)c1. The molecule has 1 aliphatic heterocycles. The largest absolute Gasteiger partial charge is 0.416 e. The van der Waals surface area contributed by atoms with Gasteiger partial charge in [0.15, 0.2) is 0 Å².